The first kappa shape index (κ1) is 12.5. The molecule has 1 aliphatic rings. The molecule has 1 heterocycles. The maximum atomic E-state index is 12.1. The number of hydrogen-bond acceptors (Lipinski definition) is 2. The van der Waals surface area contributed by atoms with Crippen LogP contribution in [0.4, 0.5) is 0 Å². The van der Waals surface area contributed by atoms with Gasteiger partial charge in [0.05, 0.1) is 5.25 Å². The Morgan fingerprint density at radius 2 is 1.94 bits per heavy atom. The van der Waals surface area contributed by atoms with E-state index in [1.807, 2.05) is 17.9 Å². The van der Waals surface area contributed by atoms with Gasteiger partial charge in [-0.2, -0.15) is 0 Å². The van der Waals surface area contributed by atoms with Gasteiger partial charge in [0.25, 0.3) is 0 Å². The number of amides is 1. The van der Waals surface area contributed by atoms with Gasteiger partial charge in [-0.25, -0.2) is 0 Å². The van der Waals surface area contributed by atoms with Crippen LogP contribution in [0.5, 0.6) is 0 Å². The predicted molar refractivity (Wildman–Crippen MR) is 73.0 cm³/mol. The molecule has 1 fully saturated rings. The van der Waals surface area contributed by atoms with Crippen LogP contribution in [-0.4, -0.2) is 22.1 Å². The van der Waals surface area contributed by atoms with Gasteiger partial charge in [-0.1, -0.05) is 24.3 Å². The second-order valence-corrected chi connectivity index (χ2v) is 6.25. The Morgan fingerprint density at radius 3 is 2.53 bits per heavy atom. The van der Waals surface area contributed by atoms with E-state index in [4.69, 9.17) is 0 Å². The van der Waals surface area contributed by atoms with Crippen LogP contribution in [0.1, 0.15) is 37.3 Å². The van der Waals surface area contributed by atoms with Crippen LogP contribution >= 0.6 is 11.8 Å². The van der Waals surface area contributed by atoms with Gasteiger partial charge in [-0.05, 0) is 38.8 Å². The van der Waals surface area contributed by atoms with E-state index in [1.165, 1.54) is 11.1 Å². The van der Waals surface area contributed by atoms with Gasteiger partial charge in [0.1, 0.15) is 5.37 Å². The molecule has 1 saturated heterocycles. The lowest BCUT2D eigenvalue weighted by Crippen LogP contribution is -2.36. The van der Waals surface area contributed by atoms with Gasteiger partial charge in [-0.3, -0.25) is 4.79 Å². The summed E-state index contributed by atoms with van der Waals surface area (Å²) in [5.74, 6) is 0.262. The van der Waals surface area contributed by atoms with Crippen LogP contribution in [0.3, 0.4) is 0 Å². The van der Waals surface area contributed by atoms with E-state index < -0.39 is 0 Å². The van der Waals surface area contributed by atoms with E-state index in [1.54, 1.807) is 11.8 Å². The summed E-state index contributed by atoms with van der Waals surface area (Å²) >= 11 is 1.75. The molecule has 3 heteroatoms. The highest BCUT2D eigenvalue weighted by atomic mass is 32.2. The van der Waals surface area contributed by atoms with Crippen LogP contribution in [0.25, 0.3) is 0 Å². The van der Waals surface area contributed by atoms with Crippen molar-refractivity contribution in [2.75, 3.05) is 0 Å². The van der Waals surface area contributed by atoms with Crippen molar-refractivity contribution < 1.29 is 4.79 Å². The molecule has 1 aliphatic heterocycles. The van der Waals surface area contributed by atoms with Gasteiger partial charge in [0, 0.05) is 6.04 Å². The molecular weight excluding hydrogens is 230 g/mol. The van der Waals surface area contributed by atoms with Crippen molar-refractivity contribution in [2.45, 2.75) is 44.4 Å². The molecule has 2 rings (SSSR count). The molecule has 92 valence electrons. The first-order valence-electron chi connectivity index (χ1n) is 6.05. The van der Waals surface area contributed by atoms with Crippen molar-refractivity contribution in [1.29, 1.82) is 0 Å². The Hall–Kier alpha value is -0.960. The zero-order chi connectivity index (χ0) is 12.6. The Kier molecular flexibility index (Phi) is 3.48. The Balaban J connectivity index is 2.38. The molecule has 2 atom stereocenters. The van der Waals surface area contributed by atoms with E-state index >= 15 is 0 Å². The Labute approximate surface area is 107 Å². The lowest BCUT2D eigenvalue weighted by molar-refractivity contribution is -0.131. The van der Waals surface area contributed by atoms with Crippen molar-refractivity contribution >= 4 is 17.7 Å². The van der Waals surface area contributed by atoms with Gasteiger partial charge in [-0.15, -0.1) is 11.8 Å². The molecule has 0 spiro atoms. The number of rotatable bonds is 2. The fraction of sp³-hybridized carbons (Fsp3) is 0.500. The van der Waals surface area contributed by atoms with Gasteiger partial charge in [0.15, 0.2) is 0 Å². The molecule has 1 aromatic rings. The average Bonchev–Trinajstić information content (AvgIpc) is 2.56. The molecule has 0 aliphatic carbocycles. The Bertz CT molecular complexity index is 430. The quantitative estimate of drug-likeness (QED) is 0.801. The predicted octanol–water partition coefficient (Wildman–Crippen LogP) is 3.37. The van der Waals surface area contributed by atoms with Crippen molar-refractivity contribution in [3.05, 3.63) is 35.4 Å². The summed E-state index contributed by atoms with van der Waals surface area (Å²) in [6.07, 6.45) is 0. The minimum atomic E-state index is 0.0713. The Morgan fingerprint density at radius 1 is 1.29 bits per heavy atom. The monoisotopic (exact) mass is 249 g/mol. The summed E-state index contributed by atoms with van der Waals surface area (Å²) in [4.78, 5) is 14.2. The van der Waals surface area contributed by atoms with Gasteiger partial charge >= 0.3 is 0 Å². The third-order valence-electron chi connectivity index (χ3n) is 3.20. The topological polar surface area (TPSA) is 20.3 Å². The van der Waals surface area contributed by atoms with Crippen LogP contribution in [0, 0.1) is 6.92 Å². The minimum Gasteiger partial charge on any atom is -0.323 e. The largest absolute Gasteiger partial charge is 0.323 e. The van der Waals surface area contributed by atoms with Crippen molar-refractivity contribution in [3.8, 4) is 0 Å². The van der Waals surface area contributed by atoms with Crippen LogP contribution in [0.15, 0.2) is 24.3 Å². The molecule has 0 saturated carbocycles. The zero-order valence-corrected chi connectivity index (χ0v) is 11.6. The second kappa shape index (κ2) is 4.73. The fourth-order valence-electron chi connectivity index (χ4n) is 2.25. The van der Waals surface area contributed by atoms with Gasteiger partial charge in [0.2, 0.25) is 5.91 Å². The third-order valence-corrected chi connectivity index (χ3v) is 4.55. The first-order valence-corrected chi connectivity index (χ1v) is 7.00. The molecule has 0 radical (unpaired) electrons. The summed E-state index contributed by atoms with van der Waals surface area (Å²) in [6, 6.07) is 8.60. The summed E-state index contributed by atoms with van der Waals surface area (Å²) in [7, 11) is 0. The molecule has 1 amide bonds. The van der Waals surface area contributed by atoms with E-state index in [0.717, 1.165) is 0 Å². The van der Waals surface area contributed by atoms with E-state index in [0.29, 0.717) is 0 Å². The fourth-order valence-corrected chi connectivity index (χ4v) is 3.77. The zero-order valence-electron chi connectivity index (χ0n) is 10.8. The number of carbonyl (C=O) groups is 1. The smallest absolute Gasteiger partial charge is 0.236 e. The molecule has 17 heavy (non-hydrogen) atoms. The number of aryl methyl sites for hydroxylation is 1. The van der Waals surface area contributed by atoms with Crippen LogP contribution in [-0.2, 0) is 4.79 Å². The highest BCUT2D eigenvalue weighted by Crippen LogP contribution is 2.44. The van der Waals surface area contributed by atoms with Crippen molar-refractivity contribution in [1.82, 2.24) is 4.90 Å². The number of hydrogen-bond donors (Lipinski definition) is 0. The maximum Gasteiger partial charge on any atom is 0.236 e. The molecular formula is C14H19NOS. The van der Waals surface area contributed by atoms with E-state index in [9.17, 15) is 4.79 Å². The lowest BCUT2D eigenvalue weighted by Gasteiger charge is -2.28. The minimum absolute atomic E-state index is 0.0713. The van der Waals surface area contributed by atoms with Crippen molar-refractivity contribution in [2.24, 2.45) is 0 Å². The molecule has 0 aromatic heterocycles. The number of carbonyl (C=O) groups excluding carboxylic acids is 1. The molecule has 2 unspecified atom stereocenters. The van der Waals surface area contributed by atoms with Gasteiger partial charge < -0.3 is 4.90 Å². The van der Waals surface area contributed by atoms with E-state index in [2.05, 4.69) is 39.0 Å². The SMILES string of the molecule is Cc1ccccc1C1SC(C)C(=O)N1C(C)C. The number of nitrogens with zero attached hydrogens (tertiary/aromatic N) is 1. The van der Waals surface area contributed by atoms with E-state index in [-0.39, 0.29) is 22.6 Å². The number of benzene rings is 1. The summed E-state index contributed by atoms with van der Waals surface area (Å²) in [5, 5.41) is 0.251. The van der Waals surface area contributed by atoms with Crippen molar-refractivity contribution in [3.63, 3.8) is 0 Å². The summed E-state index contributed by atoms with van der Waals surface area (Å²) < 4.78 is 0. The highest BCUT2D eigenvalue weighted by molar-refractivity contribution is 8.01. The second-order valence-electron chi connectivity index (χ2n) is 4.83. The highest BCUT2D eigenvalue weighted by Gasteiger charge is 2.40. The maximum absolute atomic E-state index is 12.1. The first-order chi connectivity index (χ1) is 8.02. The average molecular weight is 249 g/mol. The molecule has 0 bridgehead atoms. The summed E-state index contributed by atoms with van der Waals surface area (Å²) in [6.45, 7) is 8.28. The molecule has 1 aromatic carbocycles. The molecule has 0 N–H and O–H groups in total. The molecule has 2 nitrogen and oxygen atoms in total. The van der Waals surface area contributed by atoms with Crippen LogP contribution in [0.2, 0.25) is 0 Å². The third kappa shape index (κ3) is 2.21. The summed E-state index contributed by atoms with van der Waals surface area (Å²) in [5.41, 5.74) is 2.53. The standard InChI is InChI=1S/C14H19NOS/c1-9(2)15-13(16)11(4)17-14(15)12-8-6-5-7-10(12)3/h5-9,11,14H,1-4H3. The van der Waals surface area contributed by atoms with Crippen LogP contribution < -0.4 is 0 Å². The normalized spacial score (nSPS) is 24.8. The lowest BCUT2D eigenvalue weighted by atomic mass is 10.1. The number of thioether (sulfide) groups is 1.